The highest BCUT2D eigenvalue weighted by Gasteiger charge is 2.28. The van der Waals surface area contributed by atoms with Gasteiger partial charge in [-0.05, 0) is 32.8 Å². The van der Waals surface area contributed by atoms with E-state index in [1.807, 2.05) is 26.0 Å². The van der Waals surface area contributed by atoms with Gasteiger partial charge in [-0.3, -0.25) is 10.8 Å². The first-order valence-electron chi connectivity index (χ1n) is 7.27. The summed E-state index contributed by atoms with van der Waals surface area (Å²) in [6, 6.07) is 1.93. The SMILES string of the molecule is Cc1cc(NC2=NC(C)(N)NC(C3CCOCC3)=C2)n[nH]1. The standard InChI is InChI=1S/C14H22N6O/c1-9-7-13(20-19-9)16-12-8-11(17-14(2,15)18-12)10-3-5-21-6-4-10/h7-8,10,17H,3-6,15H2,1-2H3,(H2,16,18,19,20). The molecule has 0 amide bonds. The fraction of sp³-hybridized carbons (Fsp3) is 0.571. The van der Waals surface area contributed by atoms with Gasteiger partial charge in [-0.15, -0.1) is 0 Å². The minimum Gasteiger partial charge on any atom is -0.381 e. The molecule has 1 atom stereocenters. The Morgan fingerprint density at radius 3 is 2.86 bits per heavy atom. The van der Waals surface area contributed by atoms with Crippen molar-refractivity contribution in [1.29, 1.82) is 0 Å². The lowest BCUT2D eigenvalue weighted by Gasteiger charge is -2.34. The molecule has 7 nitrogen and oxygen atoms in total. The molecule has 1 aromatic heterocycles. The summed E-state index contributed by atoms with van der Waals surface area (Å²) < 4.78 is 5.42. The Balaban J connectivity index is 1.80. The van der Waals surface area contributed by atoms with E-state index in [1.165, 1.54) is 0 Å². The highest BCUT2D eigenvalue weighted by atomic mass is 16.5. The molecule has 0 spiro atoms. The predicted molar refractivity (Wildman–Crippen MR) is 81.7 cm³/mol. The molecule has 0 aliphatic carbocycles. The Bertz CT molecular complexity index is 568. The maximum atomic E-state index is 6.19. The van der Waals surface area contributed by atoms with E-state index in [4.69, 9.17) is 10.5 Å². The summed E-state index contributed by atoms with van der Waals surface area (Å²) in [5, 5.41) is 13.6. The third-order valence-corrected chi connectivity index (χ3v) is 3.67. The first-order valence-corrected chi connectivity index (χ1v) is 7.27. The summed E-state index contributed by atoms with van der Waals surface area (Å²) in [7, 11) is 0. The highest BCUT2D eigenvalue weighted by Crippen LogP contribution is 2.25. The molecule has 1 saturated heterocycles. The molecule has 7 heteroatoms. The van der Waals surface area contributed by atoms with Gasteiger partial charge in [-0.2, -0.15) is 5.10 Å². The van der Waals surface area contributed by atoms with E-state index in [9.17, 15) is 0 Å². The van der Waals surface area contributed by atoms with Gasteiger partial charge >= 0.3 is 0 Å². The fourth-order valence-electron chi connectivity index (χ4n) is 2.69. The van der Waals surface area contributed by atoms with Crippen molar-refractivity contribution in [3.63, 3.8) is 0 Å². The fourth-order valence-corrected chi connectivity index (χ4v) is 2.69. The summed E-state index contributed by atoms with van der Waals surface area (Å²) in [6.07, 6.45) is 4.03. The van der Waals surface area contributed by atoms with Gasteiger partial charge in [0.1, 0.15) is 5.84 Å². The normalized spacial score (nSPS) is 26.8. The first-order chi connectivity index (χ1) is 10.0. The number of ether oxygens (including phenoxy) is 1. The lowest BCUT2D eigenvalue weighted by Crippen LogP contribution is -2.53. The van der Waals surface area contributed by atoms with Crippen LogP contribution in [0.5, 0.6) is 0 Å². The van der Waals surface area contributed by atoms with Gasteiger partial charge in [0.05, 0.1) is 0 Å². The van der Waals surface area contributed by atoms with Crippen LogP contribution in [-0.4, -0.2) is 35.0 Å². The number of nitrogens with two attached hydrogens (primary N) is 1. The number of aromatic nitrogens is 2. The highest BCUT2D eigenvalue weighted by molar-refractivity contribution is 6.04. The van der Waals surface area contributed by atoms with Crippen LogP contribution in [0.2, 0.25) is 0 Å². The summed E-state index contributed by atoms with van der Waals surface area (Å²) in [6.45, 7) is 5.41. The number of amidine groups is 1. The summed E-state index contributed by atoms with van der Waals surface area (Å²) >= 11 is 0. The number of nitrogens with zero attached hydrogens (tertiary/aromatic N) is 2. The van der Waals surface area contributed by atoms with Gasteiger partial charge in [0.15, 0.2) is 11.6 Å². The van der Waals surface area contributed by atoms with Crippen molar-refractivity contribution in [3.05, 3.63) is 23.5 Å². The molecule has 21 heavy (non-hydrogen) atoms. The summed E-state index contributed by atoms with van der Waals surface area (Å²) in [5.74, 6) is 1.10. The zero-order chi connectivity index (χ0) is 14.9. The second kappa shape index (κ2) is 5.50. The van der Waals surface area contributed by atoms with Crippen LogP contribution in [-0.2, 0) is 4.74 Å². The molecule has 114 valence electrons. The molecule has 5 N–H and O–H groups in total. The molecule has 1 fully saturated rings. The summed E-state index contributed by atoms with van der Waals surface area (Å²) in [4.78, 5) is 4.47. The Morgan fingerprint density at radius 2 is 2.19 bits per heavy atom. The first kappa shape index (κ1) is 14.1. The van der Waals surface area contributed by atoms with E-state index in [0.29, 0.717) is 5.92 Å². The molecule has 0 radical (unpaired) electrons. The zero-order valence-corrected chi connectivity index (χ0v) is 12.4. The third-order valence-electron chi connectivity index (χ3n) is 3.67. The number of hydrogen-bond acceptors (Lipinski definition) is 6. The number of anilines is 1. The van der Waals surface area contributed by atoms with E-state index < -0.39 is 5.79 Å². The van der Waals surface area contributed by atoms with Crippen molar-refractivity contribution in [2.75, 3.05) is 18.5 Å². The van der Waals surface area contributed by atoms with Crippen LogP contribution in [0.3, 0.4) is 0 Å². The average Bonchev–Trinajstić information content (AvgIpc) is 2.83. The van der Waals surface area contributed by atoms with Crippen LogP contribution in [0.25, 0.3) is 0 Å². The van der Waals surface area contributed by atoms with Crippen LogP contribution >= 0.6 is 0 Å². The van der Waals surface area contributed by atoms with Crippen molar-refractivity contribution >= 4 is 11.7 Å². The number of rotatable bonds is 2. The Hall–Kier alpha value is -1.86. The van der Waals surface area contributed by atoms with Crippen molar-refractivity contribution in [2.45, 2.75) is 32.5 Å². The molecule has 2 aliphatic heterocycles. The minimum atomic E-state index is -0.809. The van der Waals surface area contributed by atoms with Crippen LogP contribution < -0.4 is 16.4 Å². The molecule has 0 saturated carbocycles. The van der Waals surface area contributed by atoms with E-state index in [0.717, 1.165) is 49.1 Å². The third kappa shape index (κ3) is 3.43. The zero-order valence-electron chi connectivity index (χ0n) is 12.4. The number of aryl methyl sites for hydroxylation is 1. The lowest BCUT2D eigenvalue weighted by atomic mass is 9.94. The molecule has 0 aromatic carbocycles. The minimum absolute atomic E-state index is 0.440. The second-order valence-electron chi connectivity index (χ2n) is 5.82. The topological polar surface area (TPSA) is 100 Å². The quantitative estimate of drug-likeness (QED) is 0.653. The number of aromatic amines is 1. The smallest absolute Gasteiger partial charge is 0.181 e. The van der Waals surface area contributed by atoms with Crippen molar-refractivity contribution in [1.82, 2.24) is 15.5 Å². The second-order valence-corrected chi connectivity index (χ2v) is 5.82. The van der Waals surface area contributed by atoms with Gasteiger partial charge in [0.2, 0.25) is 0 Å². The number of nitrogens with one attached hydrogen (secondary N) is 3. The average molecular weight is 290 g/mol. The maximum absolute atomic E-state index is 6.19. The largest absolute Gasteiger partial charge is 0.381 e. The van der Waals surface area contributed by atoms with Crippen molar-refractivity contribution < 1.29 is 4.74 Å². The predicted octanol–water partition coefficient (Wildman–Crippen LogP) is 1.07. The van der Waals surface area contributed by atoms with Crippen LogP contribution in [0.15, 0.2) is 22.8 Å². The monoisotopic (exact) mass is 290 g/mol. The Labute approximate surface area is 124 Å². The molecule has 3 heterocycles. The molecule has 0 bridgehead atoms. The van der Waals surface area contributed by atoms with Crippen LogP contribution in [0.4, 0.5) is 5.82 Å². The molecular formula is C14H22N6O. The van der Waals surface area contributed by atoms with E-state index in [-0.39, 0.29) is 0 Å². The van der Waals surface area contributed by atoms with Crippen LogP contribution in [0, 0.1) is 12.8 Å². The van der Waals surface area contributed by atoms with E-state index >= 15 is 0 Å². The van der Waals surface area contributed by atoms with Crippen molar-refractivity contribution in [2.24, 2.45) is 16.6 Å². The number of aliphatic imine (C=N–C) groups is 1. The molecule has 2 aliphatic rings. The molecule has 1 unspecified atom stereocenters. The van der Waals surface area contributed by atoms with Gasteiger partial charge in [0, 0.05) is 36.6 Å². The molecule has 1 aromatic rings. The number of H-pyrrole nitrogens is 1. The number of hydrogen-bond donors (Lipinski definition) is 4. The molecular weight excluding hydrogens is 268 g/mol. The maximum Gasteiger partial charge on any atom is 0.181 e. The van der Waals surface area contributed by atoms with Crippen molar-refractivity contribution in [3.8, 4) is 0 Å². The van der Waals surface area contributed by atoms with Gasteiger partial charge in [-0.1, -0.05) is 0 Å². The van der Waals surface area contributed by atoms with Crippen LogP contribution in [0.1, 0.15) is 25.5 Å². The Morgan fingerprint density at radius 1 is 1.43 bits per heavy atom. The molecule has 3 rings (SSSR count). The van der Waals surface area contributed by atoms with E-state index in [1.54, 1.807) is 0 Å². The number of allylic oxidation sites excluding steroid dienone is 1. The lowest BCUT2D eigenvalue weighted by molar-refractivity contribution is 0.0726. The summed E-state index contributed by atoms with van der Waals surface area (Å²) in [5.41, 5.74) is 8.30. The van der Waals surface area contributed by atoms with Gasteiger partial charge in [0.25, 0.3) is 0 Å². The van der Waals surface area contributed by atoms with Gasteiger partial charge in [-0.25, -0.2) is 4.99 Å². The Kier molecular flexibility index (Phi) is 3.69. The van der Waals surface area contributed by atoms with Gasteiger partial charge < -0.3 is 15.4 Å². The van der Waals surface area contributed by atoms with E-state index in [2.05, 4.69) is 25.8 Å².